The Morgan fingerprint density at radius 2 is 2.32 bits per heavy atom. The number of rotatable bonds is 6. The van der Waals surface area contributed by atoms with E-state index in [1.165, 1.54) is 0 Å². The first kappa shape index (κ1) is 14.5. The van der Waals surface area contributed by atoms with Crippen LogP contribution in [0.25, 0.3) is 0 Å². The third kappa shape index (κ3) is 4.58. The fraction of sp³-hybridized carbons (Fsp3) is 0.857. The molecule has 19 heavy (non-hydrogen) atoms. The van der Waals surface area contributed by atoms with Gasteiger partial charge >= 0.3 is 0 Å². The maximum atomic E-state index is 5.97. The van der Waals surface area contributed by atoms with Crippen LogP contribution in [0, 0.1) is 5.92 Å². The molecule has 1 aromatic rings. The van der Waals surface area contributed by atoms with Gasteiger partial charge < -0.3 is 10.1 Å². The van der Waals surface area contributed by atoms with Gasteiger partial charge in [0.15, 0.2) is 0 Å². The van der Waals surface area contributed by atoms with Gasteiger partial charge in [-0.25, -0.2) is 4.68 Å². The molecule has 0 aliphatic carbocycles. The average Bonchev–Trinajstić information content (AvgIpc) is 2.86. The molecule has 0 bridgehead atoms. The van der Waals surface area contributed by atoms with Crippen LogP contribution in [-0.2, 0) is 17.8 Å². The lowest BCUT2D eigenvalue weighted by molar-refractivity contribution is -0.0231. The molecule has 1 atom stereocenters. The van der Waals surface area contributed by atoms with Crippen LogP contribution in [0.5, 0.6) is 0 Å². The topological polar surface area (TPSA) is 52.0 Å². The van der Waals surface area contributed by atoms with Crippen molar-refractivity contribution in [1.82, 2.24) is 20.3 Å². The van der Waals surface area contributed by atoms with Crippen molar-refractivity contribution < 1.29 is 4.74 Å². The Morgan fingerprint density at radius 1 is 1.53 bits per heavy atom. The van der Waals surface area contributed by atoms with E-state index >= 15 is 0 Å². The van der Waals surface area contributed by atoms with E-state index in [0.29, 0.717) is 5.92 Å². The molecule has 0 spiro atoms. The zero-order valence-electron chi connectivity index (χ0n) is 12.5. The molecule has 0 amide bonds. The fourth-order valence-corrected chi connectivity index (χ4v) is 2.41. The lowest BCUT2D eigenvalue weighted by Gasteiger charge is -2.18. The zero-order chi connectivity index (χ0) is 13.9. The van der Waals surface area contributed by atoms with Crippen molar-refractivity contribution in [2.24, 2.45) is 5.92 Å². The van der Waals surface area contributed by atoms with Gasteiger partial charge in [-0.2, -0.15) is 0 Å². The summed E-state index contributed by atoms with van der Waals surface area (Å²) >= 11 is 0. The summed E-state index contributed by atoms with van der Waals surface area (Å²) in [4.78, 5) is 0. The van der Waals surface area contributed by atoms with E-state index < -0.39 is 0 Å². The van der Waals surface area contributed by atoms with Gasteiger partial charge in [0.2, 0.25) is 0 Å². The molecule has 0 radical (unpaired) electrons. The summed E-state index contributed by atoms with van der Waals surface area (Å²) in [7, 11) is 0. The first-order valence-corrected chi connectivity index (χ1v) is 7.22. The SMILES string of the molecule is CC(C)CNCc1cn(CC2CCC(C)(C)O2)nn1. The lowest BCUT2D eigenvalue weighted by Crippen LogP contribution is -2.23. The van der Waals surface area contributed by atoms with Gasteiger partial charge in [0, 0.05) is 12.7 Å². The predicted octanol–water partition coefficient (Wildman–Crippen LogP) is 1.98. The number of nitrogens with one attached hydrogen (secondary N) is 1. The van der Waals surface area contributed by atoms with Crippen LogP contribution in [-0.4, -0.2) is 33.2 Å². The Hall–Kier alpha value is -0.940. The van der Waals surface area contributed by atoms with E-state index in [2.05, 4.69) is 43.3 Å². The van der Waals surface area contributed by atoms with Gasteiger partial charge in [0.05, 0.1) is 23.9 Å². The Morgan fingerprint density at radius 3 is 2.95 bits per heavy atom. The first-order valence-electron chi connectivity index (χ1n) is 7.22. The highest BCUT2D eigenvalue weighted by atomic mass is 16.5. The van der Waals surface area contributed by atoms with Crippen molar-refractivity contribution >= 4 is 0 Å². The smallest absolute Gasteiger partial charge is 0.0964 e. The molecule has 1 aliphatic heterocycles. The van der Waals surface area contributed by atoms with Crippen LogP contribution < -0.4 is 5.32 Å². The Labute approximate surface area is 115 Å². The van der Waals surface area contributed by atoms with Crippen LogP contribution in [0.4, 0.5) is 0 Å². The zero-order valence-corrected chi connectivity index (χ0v) is 12.5. The fourth-order valence-electron chi connectivity index (χ4n) is 2.41. The van der Waals surface area contributed by atoms with E-state index in [1.807, 2.05) is 10.9 Å². The van der Waals surface area contributed by atoms with Gasteiger partial charge in [0.25, 0.3) is 0 Å². The van der Waals surface area contributed by atoms with Crippen molar-refractivity contribution in [2.75, 3.05) is 6.54 Å². The molecule has 1 aliphatic rings. The molecule has 1 saturated heterocycles. The highest BCUT2D eigenvalue weighted by Gasteiger charge is 2.31. The molecule has 1 N–H and O–H groups in total. The minimum atomic E-state index is 0.0207. The molecule has 2 heterocycles. The van der Waals surface area contributed by atoms with Crippen molar-refractivity contribution in [3.63, 3.8) is 0 Å². The molecule has 5 heteroatoms. The maximum absolute atomic E-state index is 5.97. The summed E-state index contributed by atoms with van der Waals surface area (Å²) in [6.45, 7) is 11.3. The van der Waals surface area contributed by atoms with Crippen molar-refractivity contribution in [1.29, 1.82) is 0 Å². The second-order valence-corrected chi connectivity index (χ2v) is 6.49. The quantitative estimate of drug-likeness (QED) is 0.855. The molecule has 5 nitrogen and oxygen atoms in total. The third-order valence-electron chi connectivity index (χ3n) is 3.39. The van der Waals surface area contributed by atoms with Crippen LogP contribution in [0.15, 0.2) is 6.20 Å². The van der Waals surface area contributed by atoms with Crippen LogP contribution >= 0.6 is 0 Å². The number of hydrogen-bond donors (Lipinski definition) is 1. The molecular weight excluding hydrogens is 240 g/mol. The Bertz CT molecular complexity index is 400. The van der Waals surface area contributed by atoms with Crippen LogP contribution in [0.1, 0.15) is 46.2 Å². The summed E-state index contributed by atoms with van der Waals surface area (Å²) in [5.74, 6) is 0.657. The van der Waals surface area contributed by atoms with E-state index in [1.54, 1.807) is 0 Å². The molecule has 1 fully saturated rings. The molecule has 0 saturated carbocycles. The summed E-state index contributed by atoms with van der Waals surface area (Å²) in [5.41, 5.74) is 1.02. The van der Waals surface area contributed by atoms with E-state index in [9.17, 15) is 0 Å². The van der Waals surface area contributed by atoms with Gasteiger partial charge in [0.1, 0.15) is 0 Å². The number of ether oxygens (including phenoxy) is 1. The van der Waals surface area contributed by atoms with Gasteiger partial charge in [-0.15, -0.1) is 5.10 Å². The molecule has 2 rings (SSSR count). The standard InChI is InChI=1S/C14H26N4O/c1-11(2)7-15-8-12-9-18(17-16-12)10-13-5-6-14(3,4)19-13/h9,11,13,15H,5-8,10H2,1-4H3. The monoisotopic (exact) mass is 266 g/mol. The lowest BCUT2D eigenvalue weighted by atomic mass is 10.1. The van der Waals surface area contributed by atoms with Crippen molar-refractivity contribution in [3.8, 4) is 0 Å². The minimum absolute atomic E-state index is 0.0207. The first-order chi connectivity index (χ1) is 8.94. The minimum Gasteiger partial charge on any atom is -0.370 e. The normalized spacial score (nSPS) is 22.3. The highest BCUT2D eigenvalue weighted by Crippen LogP contribution is 2.29. The van der Waals surface area contributed by atoms with Crippen molar-refractivity contribution in [3.05, 3.63) is 11.9 Å². The Balaban J connectivity index is 1.78. The van der Waals surface area contributed by atoms with Crippen molar-refractivity contribution in [2.45, 2.75) is 65.3 Å². The summed E-state index contributed by atoms with van der Waals surface area (Å²) in [6.07, 6.45) is 4.51. The largest absolute Gasteiger partial charge is 0.370 e. The highest BCUT2D eigenvalue weighted by molar-refractivity contribution is 4.92. The van der Waals surface area contributed by atoms with E-state index in [4.69, 9.17) is 4.74 Å². The van der Waals surface area contributed by atoms with Gasteiger partial charge in [-0.05, 0) is 39.2 Å². The second kappa shape index (κ2) is 6.01. The molecule has 0 aromatic carbocycles. The average molecular weight is 266 g/mol. The van der Waals surface area contributed by atoms with Gasteiger partial charge in [-0.1, -0.05) is 19.1 Å². The van der Waals surface area contributed by atoms with Crippen LogP contribution in [0.3, 0.4) is 0 Å². The summed E-state index contributed by atoms with van der Waals surface area (Å²) in [6, 6.07) is 0. The maximum Gasteiger partial charge on any atom is 0.0964 e. The summed E-state index contributed by atoms with van der Waals surface area (Å²) < 4.78 is 7.87. The number of nitrogens with zero attached hydrogens (tertiary/aromatic N) is 3. The van der Waals surface area contributed by atoms with E-state index in [-0.39, 0.29) is 11.7 Å². The predicted molar refractivity (Wildman–Crippen MR) is 74.8 cm³/mol. The molecular formula is C14H26N4O. The van der Waals surface area contributed by atoms with E-state index in [0.717, 1.165) is 38.2 Å². The molecule has 1 unspecified atom stereocenters. The second-order valence-electron chi connectivity index (χ2n) is 6.49. The summed E-state index contributed by atoms with van der Waals surface area (Å²) in [5, 5.41) is 11.7. The molecule has 108 valence electrons. The molecule has 1 aromatic heterocycles. The Kier molecular flexibility index (Phi) is 4.58. The third-order valence-corrected chi connectivity index (χ3v) is 3.39. The van der Waals surface area contributed by atoms with Gasteiger partial charge in [-0.3, -0.25) is 0 Å². The number of hydrogen-bond acceptors (Lipinski definition) is 4. The number of aromatic nitrogens is 3. The van der Waals surface area contributed by atoms with Crippen LogP contribution in [0.2, 0.25) is 0 Å².